The minimum absolute atomic E-state index is 0.0116. The summed E-state index contributed by atoms with van der Waals surface area (Å²) in [4.78, 5) is 47.3. The number of aromatic carboxylic acids is 1. The van der Waals surface area contributed by atoms with Gasteiger partial charge in [0, 0.05) is 23.7 Å². The van der Waals surface area contributed by atoms with Gasteiger partial charge in [0.15, 0.2) is 0 Å². The number of amides is 4. The molecule has 2 rings (SSSR count). The molecule has 0 fully saturated rings. The summed E-state index contributed by atoms with van der Waals surface area (Å²) in [6.07, 6.45) is -3.30. The van der Waals surface area contributed by atoms with Crippen molar-refractivity contribution in [3.05, 3.63) is 70.8 Å². The molecule has 37 heavy (non-hydrogen) atoms. The predicted molar refractivity (Wildman–Crippen MR) is 127 cm³/mol. The lowest BCUT2D eigenvalue weighted by Gasteiger charge is -2.36. The molecule has 0 aliphatic rings. The first-order chi connectivity index (χ1) is 17.5. The number of rotatable bonds is 7. The first-order valence-corrected chi connectivity index (χ1v) is 10.5. The van der Waals surface area contributed by atoms with Gasteiger partial charge < -0.3 is 21.1 Å². The second kappa shape index (κ2) is 12.7. The Hall–Kier alpha value is -4.94. The van der Waals surface area contributed by atoms with Crippen molar-refractivity contribution in [1.82, 2.24) is 21.4 Å². The molecule has 0 radical (unpaired) electrons. The van der Waals surface area contributed by atoms with Crippen molar-refractivity contribution in [2.75, 3.05) is 7.05 Å². The van der Waals surface area contributed by atoms with Gasteiger partial charge in [0.1, 0.15) is 11.6 Å². The van der Waals surface area contributed by atoms with Crippen molar-refractivity contribution in [2.24, 2.45) is 0 Å². The van der Waals surface area contributed by atoms with Crippen LogP contribution in [0.15, 0.2) is 48.5 Å². The molecule has 10 nitrogen and oxygen atoms in total. The highest BCUT2D eigenvalue weighted by Crippen LogP contribution is 2.21. The van der Waals surface area contributed by atoms with Gasteiger partial charge in [0.2, 0.25) is 0 Å². The minimum Gasteiger partial charge on any atom is -0.478 e. The number of nitrogens with one attached hydrogen (secondary N) is 4. The number of carboxylic acid groups (broad SMARTS) is 1. The SMILES string of the molecule is CNC(=O)NC(C)(C(F)F)[C@H](NC(=O)c1ccc(C#CC#Cc2ccc(C(=O)O)cc2)cc1)C(=O)NO. The van der Waals surface area contributed by atoms with Gasteiger partial charge >= 0.3 is 12.0 Å². The summed E-state index contributed by atoms with van der Waals surface area (Å²) in [5, 5.41) is 24.0. The Labute approximate surface area is 210 Å². The fraction of sp³-hybridized carbons (Fsp3) is 0.200. The molecule has 0 bridgehead atoms. The van der Waals surface area contributed by atoms with E-state index in [1.165, 1.54) is 48.9 Å². The number of hydrogen-bond donors (Lipinski definition) is 6. The molecule has 2 aromatic carbocycles. The highest BCUT2D eigenvalue weighted by molar-refractivity contribution is 5.98. The van der Waals surface area contributed by atoms with Crippen LogP contribution in [0.25, 0.3) is 0 Å². The zero-order chi connectivity index (χ0) is 27.6. The van der Waals surface area contributed by atoms with E-state index >= 15 is 0 Å². The van der Waals surface area contributed by atoms with Gasteiger partial charge in [-0.15, -0.1) is 0 Å². The average Bonchev–Trinajstić information content (AvgIpc) is 2.89. The van der Waals surface area contributed by atoms with E-state index in [0.717, 1.165) is 6.92 Å². The van der Waals surface area contributed by atoms with E-state index in [1.54, 1.807) is 12.1 Å². The number of halogens is 2. The molecule has 0 saturated heterocycles. The molecule has 1 unspecified atom stereocenters. The van der Waals surface area contributed by atoms with Crippen molar-refractivity contribution in [2.45, 2.75) is 24.9 Å². The first kappa shape index (κ1) is 28.3. The second-order valence-electron chi connectivity index (χ2n) is 7.63. The summed E-state index contributed by atoms with van der Waals surface area (Å²) in [5.41, 5.74) is -0.203. The van der Waals surface area contributed by atoms with Crippen LogP contribution in [0.5, 0.6) is 0 Å². The molecule has 2 atom stereocenters. The molecule has 0 saturated carbocycles. The third-order valence-electron chi connectivity index (χ3n) is 5.07. The molecular formula is C25H22F2N4O6. The fourth-order valence-corrected chi connectivity index (χ4v) is 2.93. The number of carboxylic acids is 1. The van der Waals surface area contributed by atoms with Crippen LogP contribution in [-0.2, 0) is 4.79 Å². The Morgan fingerprint density at radius 1 is 0.892 bits per heavy atom. The van der Waals surface area contributed by atoms with Crippen LogP contribution in [0.4, 0.5) is 13.6 Å². The van der Waals surface area contributed by atoms with E-state index in [2.05, 4.69) is 34.3 Å². The van der Waals surface area contributed by atoms with Crippen LogP contribution in [0.2, 0.25) is 0 Å². The molecule has 0 heterocycles. The molecule has 2 aromatic rings. The zero-order valence-corrected chi connectivity index (χ0v) is 19.6. The average molecular weight is 512 g/mol. The molecule has 192 valence electrons. The third kappa shape index (κ3) is 7.52. The maximum Gasteiger partial charge on any atom is 0.335 e. The summed E-state index contributed by atoms with van der Waals surface area (Å²) < 4.78 is 27.7. The summed E-state index contributed by atoms with van der Waals surface area (Å²) >= 11 is 0. The topological polar surface area (TPSA) is 157 Å². The molecule has 0 aromatic heterocycles. The number of carbonyl (C=O) groups is 4. The minimum atomic E-state index is -3.30. The van der Waals surface area contributed by atoms with Gasteiger partial charge in [-0.05, 0) is 67.3 Å². The predicted octanol–water partition coefficient (Wildman–Crippen LogP) is 1.34. The highest BCUT2D eigenvalue weighted by Gasteiger charge is 2.48. The number of hydrogen-bond acceptors (Lipinski definition) is 5. The fourth-order valence-electron chi connectivity index (χ4n) is 2.93. The van der Waals surface area contributed by atoms with Crippen molar-refractivity contribution in [1.29, 1.82) is 0 Å². The van der Waals surface area contributed by atoms with E-state index in [-0.39, 0.29) is 11.1 Å². The Bertz CT molecular complexity index is 1290. The Morgan fingerprint density at radius 3 is 1.78 bits per heavy atom. The molecule has 0 aliphatic carbocycles. The third-order valence-corrected chi connectivity index (χ3v) is 5.07. The number of alkyl halides is 2. The van der Waals surface area contributed by atoms with Gasteiger partial charge in [0.05, 0.1) is 5.56 Å². The van der Waals surface area contributed by atoms with Crippen LogP contribution >= 0.6 is 0 Å². The van der Waals surface area contributed by atoms with Crippen molar-refractivity contribution in [3.8, 4) is 23.7 Å². The van der Waals surface area contributed by atoms with Crippen LogP contribution < -0.4 is 21.4 Å². The van der Waals surface area contributed by atoms with Gasteiger partial charge in [-0.2, -0.15) is 0 Å². The smallest absolute Gasteiger partial charge is 0.335 e. The lowest BCUT2D eigenvalue weighted by atomic mass is 9.91. The largest absolute Gasteiger partial charge is 0.478 e. The monoisotopic (exact) mass is 512 g/mol. The summed E-state index contributed by atoms with van der Waals surface area (Å²) in [6.45, 7) is 0.841. The van der Waals surface area contributed by atoms with Crippen LogP contribution in [0.3, 0.4) is 0 Å². The normalized spacial score (nSPS) is 12.4. The molecule has 6 N–H and O–H groups in total. The van der Waals surface area contributed by atoms with Crippen molar-refractivity contribution < 1.29 is 38.3 Å². The van der Waals surface area contributed by atoms with E-state index in [4.69, 9.17) is 10.3 Å². The van der Waals surface area contributed by atoms with E-state index in [1.807, 2.05) is 5.32 Å². The maximum absolute atomic E-state index is 13.8. The lowest BCUT2D eigenvalue weighted by molar-refractivity contribution is -0.135. The van der Waals surface area contributed by atoms with Crippen molar-refractivity contribution in [3.63, 3.8) is 0 Å². The molecule has 12 heteroatoms. The Kier molecular flexibility index (Phi) is 9.69. The number of hydroxylamine groups is 1. The van der Waals surface area contributed by atoms with Gasteiger partial charge in [0.25, 0.3) is 18.2 Å². The summed E-state index contributed by atoms with van der Waals surface area (Å²) in [5.74, 6) is 7.38. The lowest BCUT2D eigenvalue weighted by Crippen LogP contribution is -2.69. The van der Waals surface area contributed by atoms with Crippen LogP contribution in [0, 0.1) is 23.7 Å². The maximum atomic E-state index is 13.8. The molecular weight excluding hydrogens is 490 g/mol. The number of carbonyl (C=O) groups excluding carboxylic acids is 3. The standard InChI is InChI=1S/C25H22F2N4O6/c1-25(23(26)27,30-24(36)28-2)19(21(33)31-37)29-20(32)17-11-7-15(8-12-17)5-3-4-6-16-9-13-18(14-10-16)22(34)35/h7-14,19,23,37H,1-2H3,(H,29,32)(H,31,33)(H,34,35)(H2,28,30,36)/t19-,25?/m1/s1. The van der Waals surface area contributed by atoms with Crippen molar-refractivity contribution >= 4 is 23.8 Å². The van der Waals surface area contributed by atoms with Crippen LogP contribution in [0.1, 0.15) is 38.8 Å². The molecule has 0 aliphatic heterocycles. The summed E-state index contributed by atoms with van der Waals surface area (Å²) in [7, 11) is 1.18. The molecule has 4 amide bonds. The summed E-state index contributed by atoms with van der Waals surface area (Å²) in [6, 6.07) is 8.42. The van der Waals surface area contributed by atoms with Gasteiger partial charge in [-0.1, -0.05) is 11.8 Å². The van der Waals surface area contributed by atoms with Crippen LogP contribution in [-0.4, -0.2) is 59.2 Å². The first-order valence-electron chi connectivity index (χ1n) is 10.5. The van der Waals surface area contributed by atoms with E-state index in [0.29, 0.717) is 11.1 Å². The van der Waals surface area contributed by atoms with E-state index in [9.17, 15) is 28.0 Å². The molecule has 0 spiro atoms. The quantitative estimate of drug-likeness (QED) is 0.187. The Balaban J connectivity index is 2.16. The Morgan fingerprint density at radius 2 is 1.38 bits per heavy atom. The van der Waals surface area contributed by atoms with Gasteiger partial charge in [-0.25, -0.2) is 23.9 Å². The second-order valence-corrected chi connectivity index (χ2v) is 7.63. The number of benzene rings is 2. The zero-order valence-electron chi connectivity index (χ0n) is 19.6. The number of urea groups is 1. The van der Waals surface area contributed by atoms with E-state index < -0.39 is 41.8 Å². The van der Waals surface area contributed by atoms with Gasteiger partial charge in [-0.3, -0.25) is 14.8 Å². The highest BCUT2D eigenvalue weighted by atomic mass is 19.3.